The summed E-state index contributed by atoms with van der Waals surface area (Å²) in [6.07, 6.45) is 1.74. The number of aromatic nitrogens is 1. The Morgan fingerprint density at radius 2 is 2.33 bits per heavy atom. The van der Waals surface area contributed by atoms with Crippen molar-refractivity contribution >= 4 is 23.2 Å². The minimum atomic E-state index is -1.04. The van der Waals surface area contributed by atoms with Crippen molar-refractivity contribution in [3.05, 3.63) is 34.8 Å². The third-order valence-electron chi connectivity index (χ3n) is 3.39. The van der Waals surface area contributed by atoms with Gasteiger partial charge >= 0.3 is 5.97 Å². The van der Waals surface area contributed by atoms with E-state index in [4.69, 9.17) is 9.47 Å². The summed E-state index contributed by atoms with van der Waals surface area (Å²) in [5.41, 5.74) is 0.811. The van der Waals surface area contributed by atoms with Gasteiger partial charge in [0.1, 0.15) is 24.0 Å². The zero-order chi connectivity index (χ0) is 17.1. The van der Waals surface area contributed by atoms with Gasteiger partial charge in [-0.15, -0.1) is 11.3 Å². The average Bonchev–Trinajstić information content (AvgIpc) is 2.99. The molecule has 1 saturated heterocycles. The fourth-order valence-corrected chi connectivity index (χ4v) is 3.06. The van der Waals surface area contributed by atoms with Crippen LogP contribution in [0.5, 0.6) is 5.75 Å². The summed E-state index contributed by atoms with van der Waals surface area (Å²) in [5.74, 6) is -0.810. The molecule has 126 valence electrons. The third-order valence-corrected chi connectivity index (χ3v) is 4.35. The number of aryl methyl sites for hydroxylation is 1. The van der Waals surface area contributed by atoms with Crippen LogP contribution < -0.4 is 10.1 Å². The second kappa shape index (κ2) is 6.98. The molecular weight excluding hydrogens is 332 g/mol. The molecule has 1 aliphatic heterocycles. The molecule has 8 heteroatoms. The Morgan fingerprint density at radius 1 is 1.50 bits per heavy atom. The molecule has 1 atom stereocenters. The fraction of sp³-hybridized carbons (Fsp3) is 0.312. The van der Waals surface area contributed by atoms with Crippen molar-refractivity contribution < 1.29 is 24.2 Å². The summed E-state index contributed by atoms with van der Waals surface area (Å²) in [7, 11) is 0. The SMILES string of the molecule is Cc1cnc(-c2cc(OC[C@H]3COCC(=O)N3)cc(C(=O)O)c2)s1. The Kier molecular flexibility index (Phi) is 4.77. The molecule has 2 heterocycles. The Morgan fingerprint density at radius 3 is 3.00 bits per heavy atom. The van der Waals surface area contributed by atoms with Crippen LogP contribution in [0.4, 0.5) is 0 Å². The van der Waals surface area contributed by atoms with E-state index in [9.17, 15) is 14.7 Å². The molecule has 0 radical (unpaired) electrons. The number of carboxylic acids is 1. The lowest BCUT2D eigenvalue weighted by atomic mass is 10.1. The predicted molar refractivity (Wildman–Crippen MR) is 87.5 cm³/mol. The number of carbonyl (C=O) groups excluding carboxylic acids is 1. The van der Waals surface area contributed by atoms with Crippen molar-refractivity contribution in [2.45, 2.75) is 13.0 Å². The maximum Gasteiger partial charge on any atom is 0.335 e. The number of thiazole rings is 1. The maximum absolute atomic E-state index is 11.3. The van der Waals surface area contributed by atoms with Crippen molar-refractivity contribution in [3.63, 3.8) is 0 Å². The van der Waals surface area contributed by atoms with E-state index in [-0.39, 0.29) is 30.7 Å². The Labute approximate surface area is 142 Å². The molecule has 1 amide bonds. The van der Waals surface area contributed by atoms with Crippen LogP contribution in [0.25, 0.3) is 10.6 Å². The molecule has 1 aliphatic rings. The molecular formula is C16H16N2O5S. The predicted octanol–water partition coefficient (Wildman–Crippen LogP) is 1.71. The van der Waals surface area contributed by atoms with Crippen molar-refractivity contribution in [2.75, 3.05) is 19.8 Å². The van der Waals surface area contributed by atoms with Crippen LogP contribution in [0, 0.1) is 6.92 Å². The Hall–Kier alpha value is -2.45. The van der Waals surface area contributed by atoms with E-state index in [1.165, 1.54) is 17.4 Å². The van der Waals surface area contributed by atoms with E-state index < -0.39 is 5.97 Å². The van der Waals surface area contributed by atoms with Crippen molar-refractivity contribution in [1.82, 2.24) is 10.3 Å². The number of nitrogens with one attached hydrogen (secondary N) is 1. The lowest BCUT2D eigenvalue weighted by molar-refractivity contribution is -0.131. The topological polar surface area (TPSA) is 97.8 Å². The highest BCUT2D eigenvalue weighted by Gasteiger charge is 2.19. The highest BCUT2D eigenvalue weighted by atomic mass is 32.1. The molecule has 7 nitrogen and oxygen atoms in total. The van der Waals surface area contributed by atoms with Gasteiger partial charge in [-0.1, -0.05) is 0 Å². The van der Waals surface area contributed by atoms with E-state index >= 15 is 0 Å². The third kappa shape index (κ3) is 3.90. The normalized spacial score (nSPS) is 17.4. The lowest BCUT2D eigenvalue weighted by Crippen LogP contribution is -2.48. The first-order valence-electron chi connectivity index (χ1n) is 7.32. The van der Waals surface area contributed by atoms with Crippen molar-refractivity contribution in [1.29, 1.82) is 0 Å². The van der Waals surface area contributed by atoms with E-state index in [1.54, 1.807) is 18.3 Å². The number of ether oxygens (including phenoxy) is 2. The van der Waals surface area contributed by atoms with Crippen LogP contribution in [0.3, 0.4) is 0 Å². The van der Waals surface area contributed by atoms with Gasteiger partial charge < -0.3 is 19.9 Å². The van der Waals surface area contributed by atoms with Crippen LogP contribution in [0.1, 0.15) is 15.2 Å². The zero-order valence-corrected chi connectivity index (χ0v) is 13.8. The molecule has 2 N–H and O–H groups in total. The van der Waals surface area contributed by atoms with Gasteiger partial charge in [-0.3, -0.25) is 4.79 Å². The molecule has 24 heavy (non-hydrogen) atoms. The highest BCUT2D eigenvalue weighted by molar-refractivity contribution is 7.14. The number of nitrogens with zero attached hydrogens (tertiary/aromatic N) is 1. The minimum absolute atomic E-state index is 0.0541. The largest absolute Gasteiger partial charge is 0.491 e. The second-order valence-electron chi connectivity index (χ2n) is 5.42. The molecule has 0 saturated carbocycles. The quantitative estimate of drug-likeness (QED) is 0.854. The molecule has 3 rings (SSSR count). The molecule has 1 aromatic heterocycles. The van der Waals surface area contributed by atoms with E-state index in [1.807, 2.05) is 6.92 Å². The molecule has 0 spiro atoms. The van der Waals surface area contributed by atoms with Gasteiger partial charge in [-0.05, 0) is 25.1 Å². The van der Waals surface area contributed by atoms with Crippen LogP contribution in [0.2, 0.25) is 0 Å². The summed E-state index contributed by atoms with van der Waals surface area (Å²) >= 11 is 1.48. The monoisotopic (exact) mass is 348 g/mol. The van der Waals surface area contributed by atoms with Gasteiger partial charge in [-0.25, -0.2) is 9.78 Å². The summed E-state index contributed by atoms with van der Waals surface area (Å²) in [6.45, 7) is 2.55. The van der Waals surface area contributed by atoms with Crippen molar-refractivity contribution in [3.8, 4) is 16.3 Å². The smallest absolute Gasteiger partial charge is 0.335 e. The number of benzene rings is 1. The second-order valence-corrected chi connectivity index (χ2v) is 6.65. The number of amides is 1. The average molecular weight is 348 g/mol. The molecule has 1 fully saturated rings. The van der Waals surface area contributed by atoms with E-state index in [2.05, 4.69) is 10.3 Å². The number of rotatable bonds is 5. The first-order valence-corrected chi connectivity index (χ1v) is 8.14. The number of aromatic carboxylic acids is 1. The van der Waals surface area contributed by atoms with Gasteiger partial charge in [0.25, 0.3) is 0 Å². The molecule has 0 aliphatic carbocycles. The van der Waals surface area contributed by atoms with Gasteiger partial charge in [0.2, 0.25) is 5.91 Å². The minimum Gasteiger partial charge on any atom is -0.491 e. The summed E-state index contributed by atoms with van der Waals surface area (Å²) in [4.78, 5) is 28.0. The first-order chi connectivity index (χ1) is 11.5. The summed E-state index contributed by atoms with van der Waals surface area (Å²) < 4.78 is 10.8. The Bertz CT molecular complexity index is 774. The van der Waals surface area contributed by atoms with Crippen LogP contribution in [-0.2, 0) is 9.53 Å². The number of carboxylic acid groups (broad SMARTS) is 1. The number of carbonyl (C=O) groups is 2. The first kappa shape index (κ1) is 16.4. The van der Waals surface area contributed by atoms with Crippen LogP contribution in [-0.4, -0.2) is 47.8 Å². The summed E-state index contributed by atoms with van der Waals surface area (Å²) in [6, 6.07) is 4.51. The molecule has 0 bridgehead atoms. The van der Waals surface area contributed by atoms with E-state index in [0.717, 1.165) is 9.88 Å². The number of morpholine rings is 1. The van der Waals surface area contributed by atoms with Crippen molar-refractivity contribution in [2.24, 2.45) is 0 Å². The summed E-state index contributed by atoms with van der Waals surface area (Å²) in [5, 5.41) is 12.8. The van der Waals surface area contributed by atoms with Crippen LogP contribution >= 0.6 is 11.3 Å². The molecule has 0 unspecified atom stereocenters. The van der Waals surface area contributed by atoms with Gasteiger partial charge in [0.05, 0.1) is 18.2 Å². The number of hydrogen-bond donors (Lipinski definition) is 2. The molecule has 2 aromatic rings. The van der Waals surface area contributed by atoms with Gasteiger partial charge in [-0.2, -0.15) is 0 Å². The standard InChI is InChI=1S/C16H16N2O5S/c1-9-5-17-15(24-9)10-2-11(16(20)21)4-13(3-10)23-7-12-6-22-8-14(19)18-12/h2-5,12H,6-8H2,1H3,(H,18,19)(H,20,21)/t12-/m1/s1. The van der Waals surface area contributed by atoms with Gasteiger partial charge in [0, 0.05) is 16.6 Å². The van der Waals surface area contributed by atoms with E-state index in [0.29, 0.717) is 17.9 Å². The number of hydrogen-bond acceptors (Lipinski definition) is 6. The Balaban J connectivity index is 1.80. The van der Waals surface area contributed by atoms with Gasteiger partial charge in [0.15, 0.2) is 0 Å². The maximum atomic E-state index is 11.3. The molecule has 1 aromatic carbocycles. The van der Waals surface area contributed by atoms with Crippen LogP contribution in [0.15, 0.2) is 24.4 Å². The zero-order valence-electron chi connectivity index (χ0n) is 12.9. The highest BCUT2D eigenvalue weighted by Crippen LogP contribution is 2.29. The lowest BCUT2D eigenvalue weighted by Gasteiger charge is -2.23. The fourth-order valence-electron chi connectivity index (χ4n) is 2.31.